The minimum atomic E-state index is 0.509. The van der Waals surface area contributed by atoms with Gasteiger partial charge >= 0.3 is 0 Å². The topological polar surface area (TPSA) is 64.9 Å². The van der Waals surface area contributed by atoms with Crippen molar-refractivity contribution >= 4 is 38.5 Å². The highest BCUT2D eigenvalue weighted by Crippen LogP contribution is 2.28. The molecule has 1 aromatic heterocycles. The van der Waals surface area contributed by atoms with Crippen LogP contribution in [-0.2, 0) is 6.42 Å². The van der Waals surface area contributed by atoms with Gasteiger partial charge in [-0.3, -0.25) is 0 Å². The predicted molar refractivity (Wildman–Crippen MR) is 72.9 cm³/mol. The number of hydrogen-bond acceptors (Lipinski definition) is 4. The summed E-state index contributed by atoms with van der Waals surface area (Å²) in [4.78, 5) is 0. The highest BCUT2D eigenvalue weighted by molar-refractivity contribution is 14.1. The molecule has 0 aliphatic heterocycles. The molecule has 2 rings (SSSR count). The number of nitrogens with zero attached hydrogens (tertiary/aromatic N) is 2. The van der Waals surface area contributed by atoms with Crippen LogP contribution in [0.5, 0.6) is 0 Å². The van der Waals surface area contributed by atoms with Crippen LogP contribution in [0.4, 0.5) is 0 Å². The van der Waals surface area contributed by atoms with Crippen molar-refractivity contribution in [3.05, 3.63) is 32.1 Å². The molecule has 0 spiro atoms. The van der Waals surface area contributed by atoms with E-state index in [0.29, 0.717) is 24.7 Å². The Balaban J connectivity index is 2.38. The largest absolute Gasteiger partial charge is 0.421 e. The van der Waals surface area contributed by atoms with Gasteiger partial charge < -0.3 is 10.2 Å². The number of rotatable bonds is 3. The molecule has 1 aromatic carbocycles. The van der Waals surface area contributed by atoms with Gasteiger partial charge in [-0.2, -0.15) is 0 Å². The monoisotopic (exact) mass is 393 g/mol. The third-order valence-corrected chi connectivity index (χ3v) is 3.35. The maximum absolute atomic E-state index is 5.51. The zero-order valence-electron chi connectivity index (χ0n) is 8.28. The van der Waals surface area contributed by atoms with E-state index in [2.05, 4.69) is 48.7 Å². The quantitative estimate of drug-likeness (QED) is 0.814. The highest BCUT2D eigenvalue weighted by Gasteiger charge is 2.11. The zero-order chi connectivity index (χ0) is 11.5. The Morgan fingerprint density at radius 3 is 2.94 bits per heavy atom. The Kier molecular flexibility index (Phi) is 3.93. The first kappa shape index (κ1) is 12.0. The van der Waals surface area contributed by atoms with Crippen molar-refractivity contribution in [2.45, 2.75) is 6.42 Å². The lowest BCUT2D eigenvalue weighted by Gasteiger charge is -1.99. The fourth-order valence-corrected chi connectivity index (χ4v) is 2.16. The first-order valence-electron chi connectivity index (χ1n) is 4.68. The molecule has 2 aromatic rings. The summed E-state index contributed by atoms with van der Waals surface area (Å²) in [6.45, 7) is 0.509. The van der Waals surface area contributed by atoms with E-state index < -0.39 is 0 Å². The Labute approximate surface area is 115 Å². The Morgan fingerprint density at radius 1 is 1.38 bits per heavy atom. The summed E-state index contributed by atoms with van der Waals surface area (Å²) in [5, 5.41) is 7.93. The SMILES string of the molecule is NCCc1nnc(-c2cc(I)ccc2Br)o1. The van der Waals surface area contributed by atoms with Gasteiger partial charge in [0.25, 0.3) is 0 Å². The molecule has 0 fully saturated rings. The lowest BCUT2D eigenvalue weighted by molar-refractivity contribution is 0.507. The molecule has 0 saturated carbocycles. The van der Waals surface area contributed by atoms with E-state index in [9.17, 15) is 0 Å². The summed E-state index contributed by atoms with van der Waals surface area (Å²) in [6.07, 6.45) is 0.606. The van der Waals surface area contributed by atoms with Crippen LogP contribution < -0.4 is 5.73 Å². The second-order valence-corrected chi connectivity index (χ2v) is 5.26. The summed E-state index contributed by atoms with van der Waals surface area (Å²) >= 11 is 5.70. The summed E-state index contributed by atoms with van der Waals surface area (Å²) < 4.78 is 7.57. The number of benzene rings is 1. The van der Waals surface area contributed by atoms with Crippen LogP contribution in [0.2, 0.25) is 0 Å². The Bertz CT molecular complexity index is 501. The maximum atomic E-state index is 5.51. The van der Waals surface area contributed by atoms with Crippen molar-refractivity contribution in [2.24, 2.45) is 5.73 Å². The van der Waals surface area contributed by atoms with Gasteiger partial charge in [-0.1, -0.05) is 0 Å². The molecule has 16 heavy (non-hydrogen) atoms. The first-order valence-corrected chi connectivity index (χ1v) is 6.56. The van der Waals surface area contributed by atoms with Crippen LogP contribution in [-0.4, -0.2) is 16.7 Å². The molecule has 0 bridgehead atoms. The zero-order valence-corrected chi connectivity index (χ0v) is 12.0. The van der Waals surface area contributed by atoms with E-state index in [1.807, 2.05) is 18.2 Å². The molecule has 0 aliphatic carbocycles. The molecule has 4 nitrogen and oxygen atoms in total. The predicted octanol–water partition coefficient (Wildman–Crippen LogP) is 2.60. The van der Waals surface area contributed by atoms with E-state index in [4.69, 9.17) is 10.2 Å². The average Bonchev–Trinajstić information content (AvgIpc) is 2.71. The minimum Gasteiger partial charge on any atom is -0.421 e. The van der Waals surface area contributed by atoms with Crippen molar-refractivity contribution < 1.29 is 4.42 Å². The van der Waals surface area contributed by atoms with Gasteiger partial charge in [-0.25, -0.2) is 0 Å². The molecule has 6 heteroatoms. The Morgan fingerprint density at radius 2 is 2.19 bits per heavy atom. The van der Waals surface area contributed by atoms with Crippen LogP contribution in [0.15, 0.2) is 27.1 Å². The summed E-state index contributed by atoms with van der Waals surface area (Å²) in [5.74, 6) is 1.09. The van der Waals surface area contributed by atoms with E-state index in [1.165, 1.54) is 0 Å². The standard InChI is InChI=1S/C10H9BrIN3O/c11-8-2-1-6(12)5-7(8)10-15-14-9(16-10)3-4-13/h1-2,5H,3-4,13H2. The lowest BCUT2D eigenvalue weighted by Crippen LogP contribution is -2.02. The van der Waals surface area contributed by atoms with Gasteiger partial charge in [-0.05, 0) is 56.7 Å². The van der Waals surface area contributed by atoms with Gasteiger partial charge in [0.15, 0.2) is 0 Å². The molecule has 2 N–H and O–H groups in total. The van der Waals surface area contributed by atoms with Crippen LogP contribution in [0.1, 0.15) is 5.89 Å². The van der Waals surface area contributed by atoms with E-state index in [1.54, 1.807) is 0 Å². The molecule has 0 atom stereocenters. The second-order valence-electron chi connectivity index (χ2n) is 3.16. The number of halogens is 2. The highest BCUT2D eigenvalue weighted by atomic mass is 127. The molecule has 84 valence electrons. The van der Waals surface area contributed by atoms with Gasteiger partial charge in [0, 0.05) is 21.0 Å². The first-order chi connectivity index (χ1) is 7.70. The summed E-state index contributed by atoms with van der Waals surface area (Å²) in [6, 6.07) is 5.96. The normalized spacial score (nSPS) is 10.7. The summed E-state index contributed by atoms with van der Waals surface area (Å²) in [5.41, 5.74) is 6.33. The van der Waals surface area contributed by atoms with Gasteiger partial charge in [0.05, 0.1) is 5.56 Å². The van der Waals surface area contributed by atoms with Crippen LogP contribution in [0.3, 0.4) is 0 Å². The van der Waals surface area contributed by atoms with Gasteiger partial charge in [0.2, 0.25) is 11.8 Å². The average molecular weight is 394 g/mol. The molecule has 0 saturated heterocycles. The van der Waals surface area contributed by atoms with E-state index in [0.717, 1.165) is 13.6 Å². The van der Waals surface area contributed by atoms with Crippen LogP contribution in [0, 0.1) is 3.57 Å². The molecular formula is C10H9BrIN3O. The second kappa shape index (κ2) is 5.24. The van der Waals surface area contributed by atoms with Crippen LogP contribution >= 0.6 is 38.5 Å². The van der Waals surface area contributed by atoms with Crippen LogP contribution in [0.25, 0.3) is 11.5 Å². The minimum absolute atomic E-state index is 0.509. The smallest absolute Gasteiger partial charge is 0.248 e. The van der Waals surface area contributed by atoms with Crippen molar-refractivity contribution in [2.75, 3.05) is 6.54 Å². The number of nitrogens with two attached hydrogens (primary N) is 1. The third-order valence-electron chi connectivity index (χ3n) is 1.98. The van der Waals surface area contributed by atoms with Crippen molar-refractivity contribution in [1.29, 1.82) is 0 Å². The van der Waals surface area contributed by atoms with Crippen molar-refractivity contribution in [1.82, 2.24) is 10.2 Å². The molecule has 0 unspecified atom stereocenters. The Hall–Kier alpha value is -0.470. The lowest BCUT2D eigenvalue weighted by atomic mass is 10.2. The maximum Gasteiger partial charge on any atom is 0.248 e. The van der Waals surface area contributed by atoms with E-state index >= 15 is 0 Å². The fourth-order valence-electron chi connectivity index (χ4n) is 1.25. The molecule has 1 heterocycles. The summed E-state index contributed by atoms with van der Waals surface area (Å²) in [7, 11) is 0. The third kappa shape index (κ3) is 2.61. The van der Waals surface area contributed by atoms with Crippen molar-refractivity contribution in [3.63, 3.8) is 0 Å². The van der Waals surface area contributed by atoms with E-state index in [-0.39, 0.29) is 0 Å². The fraction of sp³-hybridized carbons (Fsp3) is 0.200. The van der Waals surface area contributed by atoms with Gasteiger partial charge in [-0.15, -0.1) is 10.2 Å². The van der Waals surface area contributed by atoms with Gasteiger partial charge in [0.1, 0.15) is 0 Å². The molecule has 0 amide bonds. The number of aromatic nitrogens is 2. The molecule has 0 aliphatic rings. The number of hydrogen-bond donors (Lipinski definition) is 1. The molecule has 0 radical (unpaired) electrons. The van der Waals surface area contributed by atoms with Crippen molar-refractivity contribution in [3.8, 4) is 11.5 Å². The molecular weight excluding hydrogens is 385 g/mol.